The van der Waals surface area contributed by atoms with Gasteiger partial charge < -0.3 is 10.0 Å². The highest BCUT2D eigenvalue weighted by Crippen LogP contribution is 2.41. The van der Waals surface area contributed by atoms with Crippen LogP contribution in [0.15, 0.2) is 0 Å². The lowest BCUT2D eigenvalue weighted by Crippen LogP contribution is -2.42. The van der Waals surface area contributed by atoms with Crippen LogP contribution in [-0.2, 0) is 0 Å². The SMILES string of the molecule is CCCN1CCCC(O)(C2CCC2)CC1. The van der Waals surface area contributed by atoms with Gasteiger partial charge in [-0.3, -0.25) is 0 Å². The maximum absolute atomic E-state index is 10.6. The fourth-order valence-corrected chi connectivity index (χ4v) is 3.09. The Morgan fingerprint density at radius 3 is 2.60 bits per heavy atom. The summed E-state index contributed by atoms with van der Waals surface area (Å²) in [4.78, 5) is 2.52. The van der Waals surface area contributed by atoms with Gasteiger partial charge in [0.1, 0.15) is 0 Å². The van der Waals surface area contributed by atoms with Crippen LogP contribution in [0.25, 0.3) is 0 Å². The van der Waals surface area contributed by atoms with E-state index in [0.717, 1.165) is 19.4 Å². The fraction of sp³-hybridized carbons (Fsp3) is 1.00. The van der Waals surface area contributed by atoms with Gasteiger partial charge >= 0.3 is 0 Å². The number of hydrogen-bond donors (Lipinski definition) is 1. The van der Waals surface area contributed by atoms with Crippen molar-refractivity contribution in [3.8, 4) is 0 Å². The molecule has 1 N–H and O–H groups in total. The molecule has 0 radical (unpaired) electrons. The molecule has 0 aromatic carbocycles. The monoisotopic (exact) mass is 211 g/mol. The lowest BCUT2D eigenvalue weighted by atomic mass is 9.70. The molecule has 2 rings (SSSR count). The van der Waals surface area contributed by atoms with E-state index < -0.39 is 0 Å². The molecule has 0 amide bonds. The topological polar surface area (TPSA) is 23.5 Å². The largest absolute Gasteiger partial charge is 0.390 e. The first-order chi connectivity index (χ1) is 7.24. The van der Waals surface area contributed by atoms with Crippen LogP contribution in [-0.4, -0.2) is 35.2 Å². The third kappa shape index (κ3) is 2.54. The Bertz CT molecular complexity index is 203. The molecule has 1 atom stereocenters. The molecule has 1 aliphatic heterocycles. The van der Waals surface area contributed by atoms with E-state index >= 15 is 0 Å². The summed E-state index contributed by atoms with van der Waals surface area (Å²) >= 11 is 0. The van der Waals surface area contributed by atoms with Gasteiger partial charge in [0.25, 0.3) is 0 Å². The zero-order valence-corrected chi connectivity index (χ0v) is 10.0. The van der Waals surface area contributed by atoms with E-state index in [1.54, 1.807) is 0 Å². The Kier molecular flexibility index (Phi) is 3.68. The van der Waals surface area contributed by atoms with Crippen molar-refractivity contribution in [2.24, 2.45) is 5.92 Å². The minimum absolute atomic E-state index is 0.305. The maximum Gasteiger partial charge on any atom is 0.0688 e. The minimum Gasteiger partial charge on any atom is -0.390 e. The molecule has 1 saturated carbocycles. The molecule has 88 valence electrons. The van der Waals surface area contributed by atoms with Crippen molar-refractivity contribution in [3.63, 3.8) is 0 Å². The Labute approximate surface area is 93.7 Å². The van der Waals surface area contributed by atoms with E-state index in [1.807, 2.05) is 0 Å². The van der Waals surface area contributed by atoms with Crippen molar-refractivity contribution in [2.75, 3.05) is 19.6 Å². The van der Waals surface area contributed by atoms with Crippen molar-refractivity contribution in [2.45, 2.75) is 57.5 Å². The number of aliphatic hydroxyl groups is 1. The summed E-state index contributed by atoms with van der Waals surface area (Å²) in [7, 11) is 0. The standard InChI is InChI=1S/C13H25NO/c1-2-9-14-10-4-7-13(15,8-11-14)12-5-3-6-12/h12,15H,2-11H2,1H3. The van der Waals surface area contributed by atoms with Gasteiger partial charge in [-0.15, -0.1) is 0 Å². The average Bonchev–Trinajstić information content (AvgIpc) is 2.27. The van der Waals surface area contributed by atoms with Gasteiger partial charge in [0.05, 0.1) is 5.60 Å². The molecule has 0 spiro atoms. The number of likely N-dealkylation sites (tertiary alicyclic amines) is 1. The Morgan fingerprint density at radius 2 is 2.00 bits per heavy atom. The van der Waals surface area contributed by atoms with E-state index in [0.29, 0.717) is 5.92 Å². The zero-order chi connectivity index (χ0) is 10.7. The lowest BCUT2D eigenvalue weighted by Gasteiger charge is -2.41. The van der Waals surface area contributed by atoms with Crippen LogP contribution >= 0.6 is 0 Å². The highest BCUT2D eigenvalue weighted by atomic mass is 16.3. The third-order valence-electron chi connectivity index (χ3n) is 4.35. The molecule has 1 aliphatic carbocycles. The van der Waals surface area contributed by atoms with Crippen molar-refractivity contribution in [1.82, 2.24) is 4.90 Å². The quantitative estimate of drug-likeness (QED) is 0.775. The predicted octanol–water partition coefficient (Wildman–Crippen LogP) is 2.41. The first-order valence-electron chi connectivity index (χ1n) is 6.69. The molecule has 15 heavy (non-hydrogen) atoms. The van der Waals surface area contributed by atoms with Gasteiger partial charge in [-0.05, 0) is 57.5 Å². The maximum atomic E-state index is 10.6. The summed E-state index contributed by atoms with van der Waals surface area (Å²) in [6.45, 7) is 5.76. The van der Waals surface area contributed by atoms with Crippen LogP contribution in [0.1, 0.15) is 51.9 Å². The summed E-state index contributed by atoms with van der Waals surface area (Å²) in [6, 6.07) is 0. The molecular formula is C13H25NO. The number of hydrogen-bond acceptors (Lipinski definition) is 2. The molecule has 1 unspecified atom stereocenters. The van der Waals surface area contributed by atoms with Crippen LogP contribution in [0.5, 0.6) is 0 Å². The van der Waals surface area contributed by atoms with Crippen molar-refractivity contribution < 1.29 is 5.11 Å². The van der Waals surface area contributed by atoms with Gasteiger partial charge in [-0.1, -0.05) is 13.3 Å². The van der Waals surface area contributed by atoms with E-state index in [4.69, 9.17) is 0 Å². The van der Waals surface area contributed by atoms with E-state index in [9.17, 15) is 5.11 Å². The average molecular weight is 211 g/mol. The Morgan fingerprint density at radius 1 is 1.20 bits per heavy atom. The third-order valence-corrected chi connectivity index (χ3v) is 4.35. The highest BCUT2D eigenvalue weighted by Gasteiger charge is 2.40. The molecule has 0 bridgehead atoms. The van der Waals surface area contributed by atoms with Crippen molar-refractivity contribution in [3.05, 3.63) is 0 Å². The van der Waals surface area contributed by atoms with Crippen molar-refractivity contribution in [1.29, 1.82) is 0 Å². The van der Waals surface area contributed by atoms with Crippen LogP contribution in [0.4, 0.5) is 0 Å². The predicted molar refractivity (Wildman–Crippen MR) is 62.9 cm³/mol. The second kappa shape index (κ2) is 4.84. The number of nitrogens with zero attached hydrogens (tertiary/aromatic N) is 1. The van der Waals surface area contributed by atoms with Crippen LogP contribution in [0.3, 0.4) is 0 Å². The molecule has 2 fully saturated rings. The Balaban J connectivity index is 1.87. The molecule has 2 aliphatic rings. The van der Waals surface area contributed by atoms with Crippen LogP contribution in [0, 0.1) is 5.92 Å². The molecule has 0 aromatic heterocycles. The summed E-state index contributed by atoms with van der Waals surface area (Å²) < 4.78 is 0. The van der Waals surface area contributed by atoms with Gasteiger partial charge in [0, 0.05) is 6.54 Å². The van der Waals surface area contributed by atoms with Gasteiger partial charge in [-0.25, -0.2) is 0 Å². The summed E-state index contributed by atoms with van der Waals surface area (Å²) in [6.07, 6.45) is 8.35. The fourth-order valence-electron chi connectivity index (χ4n) is 3.09. The number of rotatable bonds is 3. The van der Waals surface area contributed by atoms with E-state index in [-0.39, 0.29) is 5.60 Å². The molecule has 2 heteroatoms. The molecule has 1 heterocycles. The molecule has 0 aromatic rings. The summed E-state index contributed by atoms with van der Waals surface area (Å²) in [5, 5.41) is 10.6. The van der Waals surface area contributed by atoms with E-state index in [2.05, 4.69) is 11.8 Å². The summed E-state index contributed by atoms with van der Waals surface area (Å²) in [5.41, 5.74) is -0.305. The molecule has 2 nitrogen and oxygen atoms in total. The second-order valence-corrected chi connectivity index (χ2v) is 5.43. The molecular weight excluding hydrogens is 186 g/mol. The Hall–Kier alpha value is -0.0800. The first-order valence-corrected chi connectivity index (χ1v) is 6.69. The van der Waals surface area contributed by atoms with Crippen LogP contribution in [0.2, 0.25) is 0 Å². The zero-order valence-electron chi connectivity index (χ0n) is 10.0. The molecule has 1 saturated heterocycles. The van der Waals surface area contributed by atoms with Gasteiger partial charge in [-0.2, -0.15) is 0 Å². The lowest BCUT2D eigenvalue weighted by molar-refractivity contribution is -0.0608. The van der Waals surface area contributed by atoms with Gasteiger partial charge in [0.2, 0.25) is 0 Å². The van der Waals surface area contributed by atoms with E-state index in [1.165, 1.54) is 45.2 Å². The van der Waals surface area contributed by atoms with Gasteiger partial charge in [0.15, 0.2) is 0 Å². The smallest absolute Gasteiger partial charge is 0.0688 e. The second-order valence-electron chi connectivity index (χ2n) is 5.43. The normalized spacial score (nSPS) is 34.8. The minimum atomic E-state index is -0.305. The van der Waals surface area contributed by atoms with Crippen molar-refractivity contribution >= 4 is 0 Å². The highest BCUT2D eigenvalue weighted by molar-refractivity contribution is 4.93. The summed E-state index contributed by atoms with van der Waals surface area (Å²) in [5.74, 6) is 0.624. The van der Waals surface area contributed by atoms with Crippen LogP contribution < -0.4 is 0 Å². The first kappa shape index (κ1) is 11.4.